The van der Waals surface area contributed by atoms with Gasteiger partial charge < -0.3 is 9.84 Å². The van der Waals surface area contributed by atoms with Crippen molar-refractivity contribution in [1.29, 1.82) is 0 Å². The van der Waals surface area contributed by atoms with Crippen molar-refractivity contribution in [3.63, 3.8) is 0 Å². The van der Waals surface area contributed by atoms with Gasteiger partial charge in [0.2, 0.25) is 5.75 Å². The van der Waals surface area contributed by atoms with Crippen LogP contribution in [0.1, 0.15) is 24.2 Å². The molecule has 0 heterocycles. The van der Waals surface area contributed by atoms with Crippen molar-refractivity contribution < 1.29 is 19.2 Å². The highest BCUT2D eigenvalue weighted by Crippen LogP contribution is 2.35. The third kappa shape index (κ3) is 3.17. The molecule has 0 aromatic heterocycles. The quantitative estimate of drug-likeness (QED) is 0.685. The lowest BCUT2D eigenvalue weighted by Gasteiger charge is -2.10. The lowest BCUT2D eigenvalue weighted by molar-refractivity contribution is -0.386. The van der Waals surface area contributed by atoms with Crippen LogP contribution in [0.25, 0.3) is 0 Å². The first kappa shape index (κ1) is 14.9. The van der Waals surface area contributed by atoms with Crippen LogP contribution in [0.3, 0.4) is 0 Å². The van der Waals surface area contributed by atoms with Crippen LogP contribution in [0, 0.1) is 22.9 Å². The molecule has 0 aliphatic heterocycles. The first-order valence-corrected chi connectivity index (χ1v) is 6.29. The normalized spacial score (nSPS) is 12.0. The largest absolute Gasteiger partial charge is 0.447 e. The predicted molar refractivity (Wildman–Crippen MR) is 74.9 cm³/mol. The molecule has 0 saturated heterocycles. The molecule has 2 aromatic carbocycles. The summed E-state index contributed by atoms with van der Waals surface area (Å²) in [7, 11) is 0. The van der Waals surface area contributed by atoms with E-state index in [9.17, 15) is 19.6 Å². The van der Waals surface area contributed by atoms with Gasteiger partial charge >= 0.3 is 5.69 Å². The molecule has 2 rings (SSSR count). The van der Waals surface area contributed by atoms with E-state index in [1.165, 1.54) is 25.1 Å². The predicted octanol–water partition coefficient (Wildman–Crippen LogP) is 3.89. The molecule has 2 aromatic rings. The molecule has 0 fully saturated rings. The maximum atomic E-state index is 13.9. The molecule has 5 nitrogen and oxygen atoms in total. The molecule has 0 aliphatic carbocycles. The number of aliphatic hydroxyl groups excluding tert-OH is 1. The summed E-state index contributed by atoms with van der Waals surface area (Å²) in [6, 6.07) is 8.57. The number of benzene rings is 2. The number of rotatable bonds is 4. The second-order valence-electron chi connectivity index (χ2n) is 4.65. The van der Waals surface area contributed by atoms with Gasteiger partial charge in [0.25, 0.3) is 0 Å². The maximum absolute atomic E-state index is 13.9. The summed E-state index contributed by atoms with van der Waals surface area (Å²) in [6.45, 7) is 3.10. The van der Waals surface area contributed by atoms with Crippen LogP contribution in [0.2, 0.25) is 0 Å². The maximum Gasteiger partial charge on any atom is 0.314 e. The van der Waals surface area contributed by atoms with Gasteiger partial charge in [-0.2, -0.15) is 0 Å². The zero-order valence-corrected chi connectivity index (χ0v) is 11.5. The standard InChI is InChI=1S/C15H14FNO4/c1-9-4-3-5-14(15(9)17(19)20)21-13-7-6-11(10(2)18)8-12(13)16/h3-8,10,18H,1-2H3. The van der Waals surface area contributed by atoms with Crippen LogP contribution in [0.15, 0.2) is 36.4 Å². The van der Waals surface area contributed by atoms with E-state index in [1.807, 2.05) is 0 Å². The Bertz CT molecular complexity index is 685. The summed E-state index contributed by atoms with van der Waals surface area (Å²) in [6.07, 6.45) is -0.804. The minimum Gasteiger partial charge on any atom is -0.447 e. The molecule has 0 spiro atoms. The van der Waals surface area contributed by atoms with Crippen molar-refractivity contribution >= 4 is 5.69 Å². The van der Waals surface area contributed by atoms with E-state index in [2.05, 4.69) is 0 Å². The molecule has 0 saturated carbocycles. The van der Waals surface area contributed by atoms with Crippen molar-refractivity contribution in [3.8, 4) is 11.5 Å². The number of hydrogen-bond acceptors (Lipinski definition) is 4. The Labute approximate surface area is 120 Å². The average molecular weight is 291 g/mol. The van der Waals surface area contributed by atoms with Gasteiger partial charge in [0.05, 0.1) is 11.0 Å². The second-order valence-corrected chi connectivity index (χ2v) is 4.65. The van der Waals surface area contributed by atoms with Crippen molar-refractivity contribution in [3.05, 3.63) is 63.5 Å². The molecule has 21 heavy (non-hydrogen) atoms. The van der Waals surface area contributed by atoms with E-state index in [4.69, 9.17) is 4.74 Å². The topological polar surface area (TPSA) is 72.6 Å². The van der Waals surface area contributed by atoms with Gasteiger partial charge in [-0.05, 0) is 37.6 Å². The molecule has 6 heteroatoms. The molecule has 1 N–H and O–H groups in total. The van der Waals surface area contributed by atoms with Gasteiger partial charge in [-0.15, -0.1) is 0 Å². The fourth-order valence-electron chi connectivity index (χ4n) is 1.93. The number of nitro benzene ring substituents is 1. The molecular weight excluding hydrogens is 277 g/mol. The van der Waals surface area contributed by atoms with E-state index in [0.717, 1.165) is 6.07 Å². The monoisotopic (exact) mass is 291 g/mol. The summed E-state index contributed by atoms with van der Waals surface area (Å²) >= 11 is 0. The number of nitro groups is 1. The van der Waals surface area contributed by atoms with Crippen LogP contribution in [-0.4, -0.2) is 10.0 Å². The van der Waals surface area contributed by atoms with E-state index in [0.29, 0.717) is 11.1 Å². The molecule has 110 valence electrons. The Morgan fingerprint density at radius 2 is 2.00 bits per heavy atom. The Morgan fingerprint density at radius 3 is 2.57 bits per heavy atom. The third-order valence-corrected chi connectivity index (χ3v) is 3.04. The second kappa shape index (κ2) is 5.88. The number of halogens is 1. The smallest absolute Gasteiger partial charge is 0.314 e. The van der Waals surface area contributed by atoms with Crippen LogP contribution in [0.4, 0.5) is 10.1 Å². The lowest BCUT2D eigenvalue weighted by atomic mass is 10.1. The van der Waals surface area contributed by atoms with E-state index < -0.39 is 16.8 Å². The van der Waals surface area contributed by atoms with Crippen molar-refractivity contribution in [2.75, 3.05) is 0 Å². The number of nitrogens with zero attached hydrogens (tertiary/aromatic N) is 1. The summed E-state index contributed by atoms with van der Waals surface area (Å²) < 4.78 is 19.2. The highest BCUT2D eigenvalue weighted by atomic mass is 19.1. The Morgan fingerprint density at radius 1 is 1.29 bits per heavy atom. The van der Waals surface area contributed by atoms with Crippen molar-refractivity contribution in [1.82, 2.24) is 0 Å². The number of ether oxygens (including phenoxy) is 1. The average Bonchev–Trinajstić information content (AvgIpc) is 2.40. The molecule has 0 amide bonds. The SMILES string of the molecule is Cc1cccc(Oc2ccc(C(C)O)cc2F)c1[N+](=O)[O-]. The third-order valence-electron chi connectivity index (χ3n) is 3.04. The molecular formula is C15H14FNO4. The number of hydrogen-bond donors (Lipinski definition) is 1. The van der Waals surface area contributed by atoms with Gasteiger partial charge in [0.1, 0.15) is 0 Å². The Hall–Kier alpha value is -2.47. The fraction of sp³-hybridized carbons (Fsp3) is 0.200. The first-order valence-electron chi connectivity index (χ1n) is 6.29. The van der Waals surface area contributed by atoms with Gasteiger partial charge in [0.15, 0.2) is 11.6 Å². The molecule has 0 bridgehead atoms. The number of para-hydroxylation sites is 1. The van der Waals surface area contributed by atoms with Crippen LogP contribution in [-0.2, 0) is 0 Å². The molecule has 1 atom stereocenters. The van der Waals surface area contributed by atoms with E-state index in [-0.39, 0.29) is 17.2 Å². The molecule has 1 unspecified atom stereocenters. The summed E-state index contributed by atoms with van der Waals surface area (Å²) in [5.74, 6) is -0.846. The van der Waals surface area contributed by atoms with E-state index >= 15 is 0 Å². The highest BCUT2D eigenvalue weighted by Gasteiger charge is 2.20. The highest BCUT2D eigenvalue weighted by molar-refractivity contribution is 5.53. The first-order chi connectivity index (χ1) is 9.90. The van der Waals surface area contributed by atoms with Crippen molar-refractivity contribution in [2.45, 2.75) is 20.0 Å². The van der Waals surface area contributed by atoms with Crippen LogP contribution < -0.4 is 4.74 Å². The lowest BCUT2D eigenvalue weighted by Crippen LogP contribution is -1.98. The van der Waals surface area contributed by atoms with Gasteiger partial charge in [-0.25, -0.2) is 4.39 Å². The summed E-state index contributed by atoms with van der Waals surface area (Å²) in [4.78, 5) is 10.5. The number of aryl methyl sites for hydroxylation is 1. The van der Waals surface area contributed by atoms with Gasteiger partial charge in [-0.1, -0.05) is 18.2 Å². The fourth-order valence-corrected chi connectivity index (χ4v) is 1.93. The summed E-state index contributed by atoms with van der Waals surface area (Å²) in [5, 5.41) is 20.4. The zero-order valence-electron chi connectivity index (χ0n) is 11.5. The van der Waals surface area contributed by atoms with Crippen LogP contribution in [0.5, 0.6) is 11.5 Å². The summed E-state index contributed by atoms with van der Waals surface area (Å²) in [5.41, 5.74) is 0.633. The molecule has 0 radical (unpaired) electrons. The number of aliphatic hydroxyl groups is 1. The van der Waals surface area contributed by atoms with Crippen molar-refractivity contribution in [2.24, 2.45) is 0 Å². The molecule has 0 aliphatic rings. The zero-order chi connectivity index (χ0) is 15.6. The van der Waals surface area contributed by atoms with E-state index in [1.54, 1.807) is 19.1 Å². The Balaban J connectivity index is 2.39. The minimum absolute atomic E-state index is 0.0244. The van der Waals surface area contributed by atoms with Gasteiger partial charge in [-0.3, -0.25) is 10.1 Å². The minimum atomic E-state index is -0.804. The Kier molecular flexibility index (Phi) is 4.18. The van der Waals surface area contributed by atoms with Gasteiger partial charge in [0, 0.05) is 5.56 Å². The van der Waals surface area contributed by atoms with Crippen LogP contribution >= 0.6 is 0 Å².